The molecule has 1 rings (SSSR count). The Morgan fingerprint density at radius 1 is 1.57 bits per heavy atom. The molecule has 1 aromatic rings. The number of nitrogens with zero attached hydrogens (tertiary/aromatic N) is 5. The van der Waals surface area contributed by atoms with Crippen LogP contribution in [-0.4, -0.2) is 34.0 Å². The van der Waals surface area contributed by atoms with Gasteiger partial charge in [-0.2, -0.15) is 10.2 Å². The molecule has 0 amide bonds. The molecule has 0 atom stereocenters. The molecule has 0 radical (unpaired) electrons. The van der Waals surface area contributed by atoms with Crippen LogP contribution < -0.4 is 10.2 Å². The monoisotopic (exact) mass is 292 g/mol. The van der Waals surface area contributed by atoms with Gasteiger partial charge in [-0.05, 0) is 20.3 Å². The van der Waals surface area contributed by atoms with Gasteiger partial charge in [-0.25, -0.2) is 4.98 Å². The second-order valence-electron chi connectivity index (χ2n) is 4.78. The third-order valence-electron chi connectivity index (χ3n) is 2.84. The van der Waals surface area contributed by atoms with Crippen LogP contribution in [0.5, 0.6) is 0 Å². The summed E-state index contributed by atoms with van der Waals surface area (Å²) >= 11 is 0. The lowest BCUT2D eigenvalue weighted by Crippen LogP contribution is -2.33. The van der Waals surface area contributed by atoms with E-state index in [0.717, 1.165) is 6.42 Å². The van der Waals surface area contributed by atoms with Crippen LogP contribution in [0.15, 0.2) is 6.20 Å². The molecule has 1 N–H and O–H groups in total. The molecule has 0 spiro atoms. The number of hydrogen-bond donors (Lipinski definition) is 1. The molecule has 8 nitrogen and oxygen atoms in total. The molecule has 0 bridgehead atoms. The fourth-order valence-electron chi connectivity index (χ4n) is 1.81. The molecule has 0 saturated heterocycles. The minimum Gasteiger partial charge on any atom is -0.354 e. The SMILES string of the molecule is CCCNc1ncc([N+](=O)[O-])c(N(CCC#N)C(C)C)n1. The summed E-state index contributed by atoms with van der Waals surface area (Å²) in [5, 5.41) is 22.9. The van der Waals surface area contributed by atoms with E-state index in [1.807, 2.05) is 26.8 Å². The molecule has 21 heavy (non-hydrogen) atoms. The zero-order valence-corrected chi connectivity index (χ0v) is 12.5. The van der Waals surface area contributed by atoms with Crippen molar-refractivity contribution in [2.45, 2.75) is 39.7 Å². The smallest absolute Gasteiger partial charge is 0.329 e. The number of nitrogens with one attached hydrogen (secondary N) is 1. The molecule has 0 aliphatic rings. The zero-order chi connectivity index (χ0) is 15.8. The normalized spacial score (nSPS) is 10.2. The van der Waals surface area contributed by atoms with E-state index in [1.54, 1.807) is 4.90 Å². The topological polar surface area (TPSA) is 108 Å². The van der Waals surface area contributed by atoms with Crippen LogP contribution in [-0.2, 0) is 0 Å². The first-order chi connectivity index (χ1) is 10.0. The van der Waals surface area contributed by atoms with Gasteiger partial charge in [0, 0.05) is 19.1 Å². The highest BCUT2D eigenvalue weighted by Gasteiger charge is 2.24. The van der Waals surface area contributed by atoms with Gasteiger partial charge in [-0.3, -0.25) is 10.1 Å². The van der Waals surface area contributed by atoms with Crippen molar-refractivity contribution in [2.75, 3.05) is 23.3 Å². The Balaban J connectivity index is 3.19. The lowest BCUT2D eigenvalue weighted by Gasteiger charge is -2.26. The predicted octanol–water partition coefficient (Wildman–Crippen LogP) is 2.34. The number of nitriles is 1. The fraction of sp³-hybridized carbons (Fsp3) is 0.615. The summed E-state index contributed by atoms with van der Waals surface area (Å²) in [7, 11) is 0. The molecule has 114 valence electrons. The largest absolute Gasteiger partial charge is 0.354 e. The van der Waals surface area contributed by atoms with Crippen LogP contribution in [0.4, 0.5) is 17.5 Å². The van der Waals surface area contributed by atoms with Gasteiger partial charge < -0.3 is 10.2 Å². The summed E-state index contributed by atoms with van der Waals surface area (Å²) in [6.45, 7) is 6.90. The molecule has 0 aliphatic carbocycles. The Bertz CT molecular complexity index is 526. The maximum atomic E-state index is 11.2. The van der Waals surface area contributed by atoms with Gasteiger partial charge in [-0.15, -0.1) is 0 Å². The maximum absolute atomic E-state index is 11.2. The van der Waals surface area contributed by atoms with Gasteiger partial charge in [0.05, 0.1) is 17.4 Å². The van der Waals surface area contributed by atoms with Crippen molar-refractivity contribution >= 4 is 17.5 Å². The van der Waals surface area contributed by atoms with Crippen molar-refractivity contribution in [3.05, 3.63) is 16.3 Å². The third-order valence-corrected chi connectivity index (χ3v) is 2.84. The molecule has 1 heterocycles. The van der Waals surface area contributed by atoms with Crippen LogP contribution in [0, 0.1) is 21.4 Å². The van der Waals surface area contributed by atoms with Crippen molar-refractivity contribution in [1.82, 2.24) is 9.97 Å². The Kier molecular flexibility index (Phi) is 6.33. The molecule has 0 saturated carbocycles. The second-order valence-corrected chi connectivity index (χ2v) is 4.78. The molecule has 0 fully saturated rings. The van der Waals surface area contributed by atoms with Crippen molar-refractivity contribution < 1.29 is 4.92 Å². The van der Waals surface area contributed by atoms with Crippen LogP contribution in [0.3, 0.4) is 0 Å². The van der Waals surface area contributed by atoms with E-state index in [2.05, 4.69) is 15.3 Å². The van der Waals surface area contributed by atoms with Gasteiger partial charge in [0.2, 0.25) is 11.8 Å². The van der Waals surface area contributed by atoms with Crippen LogP contribution in [0.2, 0.25) is 0 Å². The molecule has 0 unspecified atom stereocenters. The van der Waals surface area contributed by atoms with Gasteiger partial charge in [0.1, 0.15) is 6.20 Å². The molecule has 0 aromatic carbocycles. The summed E-state index contributed by atoms with van der Waals surface area (Å²) in [5.41, 5.74) is -0.149. The second kappa shape index (κ2) is 7.99. The summed E-state index contributed by atoms with van der Waals surface area (Å²) in [6, 6.07) is 2.04. The lowest BCUT2D eigenvalue weighted by molar-refractivity contribution is -0.384. The van der Waals surface area contributed by atoms with E-state index in [1.165, 1.54) is 6.20 Å². The molecule has 0 aliphatic heterocycles. The lowest BCUT2D eigenvalue weighted by atomic mass is 10.2. The van der Waals surface area contributed by atoms with Gasteiger partial charge in [0.15, 0.2) is 0 Å². The van der Waals surface area contributed by atoms with Gasteiger partial charge in [-0.1, -0.05) is 6.92 Å². The highest BCUT2D eigenvalue weighted by atomic mass is 16.6. The number of rotatable bonds is 8. The highest BCUT2D eigenvalue weighted by molar-refractivity contribution is 5.59. The van der Waals surface area contributed by atoms with Crippen LogP contribution in [0.25, 0.3) is 0 Å². The summed E-state index contributed by atoms with van der Waals surface area (Å²) in [6.07, 6.45) is 2.39. The number of nitro groups is 1. The quantitative estimate of drug-likeness (QED) is 0.578. The first-order valence-electron chi connectivity index (χ1n) is 6.90. The molecule has 1 aromatic heterocycles. The average Bonchev–Trinajstić information content (AvgIpc) is 2.45. The molecule has 8 heteroatoms. The Morgan fingerprint density at radius 3 is 2.81 bits per heavy atom. The van der Waals surface area contributed by atoms with E-state index < -0.39 is 4.92 Å². The highest BCUT2D eigenvalue weighted by Crippen LogP contribution is 2.27. The molecular weight excluding hydrogens is 272 g/mol. The third kappa shape index (κ3) is 4.56. The minimum atomic E-state index is -0.499. The fourth-order valence-corrected chi connectivity index (χ4v) is 1.81. The van der Waals surface area contributed by atoms with Crippen molar-refractivity contribution in [1.29, 1.82) is 5.26 Å². The average molecular weight is 292 g/mol. The Hall–Kier alpha value is -2.43. The number of hydrogen-bond acceptors (Lipinski definition) is 7. The minimum absolute atomic E-state index is 0.00836. The first kappa shape index (κ1) is 16.6. The van der Waals surface area contributed by atoms with E-state index in [0.29, 0.717) is 19.0 Å². The standard InChI is InChI=1S/C13H20N6O2/c1-4-7-15-13-16-9-11(19(20)21)12(17-13)18(10(2)3)8-5-6-14/h9-10H,4-5,7-8H2,1-3H3,(H,15,16,17). The van der Waals surface area contributed by atoms with Gasteiger partial charge >= 0.3 is 5.69 Å². The van der Waals surface area contributed by atoms with Crippen molar-refractivity contribution in [2.24, 2.45) is 0 Å². The van der Waals surface area contributed by atoms with E-state index >= 15 is 0 Å². The Morgan fingerprint density at radius 2 is 2.29 bits per heavy atom. The van der Waals surface area contributed by atoms with Gasteiger partial charge in [0.25, 0.3) is 0 Å². The Labute approximate surface area is 124 Å². The van der Waals surface area contributed by atoms with Crippen LogP contribution in [0.1, 0.15) is 33.6 Å². The van der Waals surface area contributed by atoms with E-state index in [9.17, 15) is 10.1 Å². The summed E-state index contributed by atoms with van der Waals surface area (Å²) in [5.74, 6) is 0.610. The van der Waals surface area contributed by atoms with E-state index in [4.69, 9.17) is 5.26 Å². The van der Waals surface area contributed by atoms with Crippen LogP contribution >= 0.6 is 0 Å². The predicted molar refractivity (Wildman–Crippen MR) is 80.2 cm³/mol. The number of anilines is 2. The maximum Gasteiger partial charge on any atom is 0.329 e. The first-order valence-corrected chi connectivity index (χ1v) is 6.90. The summed E-state index contributed by atoms with van der Waals surface area (Å²) < 4.78 is 0. The summed E-state index contributed by atoms with van der Waals surface area (Å²) in [4.78, 5) is 20.6. The number of aromatic nitrogens is 2. The molecular formula is C13H20N6O2. The van der Waals surface area contributed by atoms with E-state index in [-0.39, 0.29) is 24.0 Å². The van der Waals surface area contributed by atoms with Crippen molar-refractivity contribution in [3.8, 4) is 6.07 Å². The zero-order valence-electron chi connectivity index (χ0n) is 12.5. The van der Waals surface area contributed by atoms with Crippen molar-refractivity contribution in [3.63, 3.8) is 0 Å².